The first kappa shape index (κ1) is 8.90. The maximum Gasteiger partial charge on any atom is 0.102 e. The molecule has 0 amide bonds. The lowest BCUT2D eigenvalue weighted by molar-refractivity contribution is 0.151. The second-order valence-corrected chi connectivity index (χ2v) is 3.02. The van der Waals surface area contributed by atoms with Crippen molar-refractivity contribution in [2.24, 2.45) is 5.73 Å². The molecule has 1 aliphatic heterocycles. The van der Waals surface area contributed by atoms with E-state index in [0.29, 0.717) is 6.54 Å². The van der Waals surface area contributed by atoms with Crippen LogP contribution in [0, 0.1) is 0 Å². The molecule has 1 rings (SSSR count). The van der Waals surface area contributed by atoms with Gasteiger partial charge >= 0.3 is 0 Å². The monoisotopic (exact) mass is 162 g/mol. The summed E-state index contributed by atoms with van der Waals surface area (Å²) in [6.07, 6.45) is 0.788. The average molecular weight is 162 g/mol. The van der Waals surface area contributed by atoms with Crippen LogP contribution in [0.1, 0.15) is 6.42 Å². The van der Waals surface area contributed by atoms with Gasteiger partial charge in [0.1, 0.15) is 6.67 Å². The number of rotatable bonds is 3. The van der Waals surface area contributed by atoms with Crippen molar-refractivity contribution in [2.45, 2.75) is 18.5 Å². The molecule has 11 heavy (non-hydrogen) atoms. The van der Waals surface area contributed by atoms with Gasteiger partial charge in [0.05, 0.1) is 6.61 Å². The molecule has 0 saturated carbocycles. The summed E-state index contributed by atoms with van der Waals surface area (Å²) in [4.78, 5) is 1.91. The summed E-state index contributed by atoms with van der Waals surface area (Å²) in [7, 11) is 0. The third-order valence-corrected chi connectivity index (χ3v) is 2.14. The van der Waals surface area contributed by atoms with Gasteiger partial charge in [0.15, 0.2) is 0 Å². The molecule has 0 aromatic heterocycles. The molecule has 2 atom stereocenters. The van der Waals surface area contributed by atoms with E-state index in [-0.39, 0.29) is 25.4 Å². The fraction of sp³-hybridized carbons (Fsp3) is 1.00. The van der Waals surface area contributed by atoms with E-state index in [0.717, 1.165) is 13.0 Å². The van der Waals surface area contributed by atoms with Crippen molar-refractivity contribution in [3.05, 3.63) is 0 Å². The van der Waals surface area contributed by atoms with Crippen LogP contribution in [0.5, 0.6) is 0 Å². The molecule has 66 valence electrons. The number of aliphatic hydroxyl groups excluding tert-OH is 1. The van der Waals surface area contributed by atoms with Gasteiger partial charge in [-0.15, -0.1) is 0 Å². The van der Waals surface area contributed by atoms with Crippen LogP contribution in [0.4, 0.5) is 4.39 Å². The van der Waals surface area contributed by atoms with Gasteiger partial charge in [-0.25, -0.2) is 4.39 Å². The molecule has 0 bridgehead atoms. The van der Waals surface area contributed by atoms with Gasteiger partial charge in [0.25, 0.3) is 0 Å². The fourth-order valence-electron chi connectivity index (χ4n) is 1.60. The van der Waals surface area contributed by atoms with E-state index in [4.69, 9.17) is 10.8 Å². The standard InChI is InChI=1S/C7H15FN2O/c8-1-2-10-4-6(9)3-7(10)5-11/h6-7,11H,1-5,9H2/t6-,7-/m0/s1. The van der Waals surface area contributed by atoms with E-state index in [9.17, 15) is 4.39 Å². The van der Waals surface area contributed by atoms with Gasteiger partial charge in [-0.3, -0.25) is 4.90 Å². The molecule has 0 unspecified atom stereocenters. The Morgan fingerprint density at radius 3 is 2.91 bits per heavy atom. The smallest absolute Gasteiger partial charge is 0.102 e. The van der Waals surface area contributed by atoms with E-state index in [2.05, 4.69) is 0 Å². The van der Waals surface area contributed by atoms with Gasteiger partial charge < -0.3 is 10.8 Å². The highest BCUT2D eigenvalue weighted by molar-refractivity contribution is 4.86. The summed E-state index contributed by atoms with van der Waals surface area (Å²) < 4.78 is 11.9. The van der Waals surface area contributed by atoms with E-state index < -0.39 is 0 Å². The second kappa shape index (κ2) is 3.99. The first-order chi connectivity index (χ1) is 5.27. The second-order valence-electron chi connectivity index (χ2n) is 3.02. The normalized spacial score (nSPS) is 33.0. The number of likely N-dealkylation sites (tertiary alicyclic amines) is 1. The number of hydrogen-bond donors (Lipinski definition) is 2. The van der Waals surface area contributed by atoms with Gasteiger partial charge in [-0.05, 0) is 6.42 Å². The predicted molar refractivity (Wildman–Crippen MR) is 41.0 cm³/mol. The van der Waals surface area contributed by atoms with Crippen molar-refractivity contribution in [3.63, 3.8) is 0 Å². The highest BCUT2D eigenvalue weighted by Gasteiger charge is 2.28. The van der Waals surface area contributed by atoms with Crippen molar-refractivity contribution in [1.29, 1.82) is 0 Å². The van der Waals surface area contributed by atoms with Crippen LogP contribution in [0.3, 0.4) is 0 Å². The SMILES string of the molecule is N[C@H]1C[C@@H](CO)N(CCF)C1. The van der Waals surface area contributed by atoms with E-state index in [1.54, 1.807) is 0 Å². The molecular weight excluding hydrogens is 147 g/mol. The molecule has 0 radical (unpaired) electrons. The van der Waals surface area contributed by atoms with E-state index in [1.165, 1.54) is 0 Å². The Morgan fingerprint density at radius 1 is 1.64 bits per heavy atom. The molecule has 3 nitrogen and oxygen atoms in total. The van der Waals surface area contributed by atoms with Crippen molar-refractivity contribution < 1.29 is 9.50 Å². The van der Waals surface area contributed by atoms with Gasteiger partial charge in [-0.2, -0.15) is 0 Å². The zero-order chi connectivity index (χ0) is 8.27. The number of nitrogens with two attached hydrogens (primary N) is 1. The molecule has 0 aromatic carbocycles. The van der Waals surface area contributed by atoms with E-state index >= 15 is 0 Å². The largest absolute Gasteiger partial charge is 0.395 e. The molecular formula is C7H15FN2O. The maximum atomic E-state index is 11.9. The topological polar surface area (TPSA) is 49.5 Å². The van der Waals surface area contributed by atoms with Crippen LogP contribution in [0.25, 0.3) is 0 Å². The summed E-state index contributed by atoms with van der Waals surface area (Å²) in [6.45, 7) is 0.852. The summed E-state index contributed by atoms with van der Waals surface area (Å²) in [5.41, 5.74) is 5.65. The number of alkyl halides is 1. The number of nitrogens with zero attached hydrogens (tertiary/aromatic N) is 1. The fourth-order valence-corrected chi connectivity index (χ4v) is 1.60. The molecule has 0 aromatic rings. The minimum Gasteiger partial charge on any atom is -0.395 e. The van der Waals surface area contributed by atoms with Crippen LogP contribution in [0.15, 0.2) is 0 Å². The maximum absolute atomic E-state index is 11.9. The van der Waals surface area contributed by atoms with Crippen molar-refractivity contribution in [3.8, 4) is 0 Å². The highest BCUT2D eigenvalue weighted by Crippen LogP contribution is 2.14. The number of halogens is 1. The van der Waals surface area contributed by atoms with Crippen LogP contribution in [-0.4, -0.2) is 48.5 Å². The lowest BCUT2D eigenvalue weighted by Crippen LogP contribution is -2.34. The van der Waals surface area contributed by atoms with E-state index in [1.807, 2.05) is 4.90 Å². The minimum absolute atomic E-state index is 0.0840. The molecule has 1 heterocycles. The minimum atomic E-state index is -0.358. The summed E-state index contributed by atoms with van der Waals surface area (Å²) in [5, 5.41) is 8.86. The van der Waals surface area contributed by atoms with Crippen molar-refractivity contribution in [1.82, 2.24) is 4.90 Å². The van der Waals surface area contributed by atoms with Crippen LogP contribution in [0.2, 0.25) is 0 Å². The van der Waals surface area contributed by atoms with Crippen molar-refractivity contribution in [2.75, 3.05) is 26.4 Å². The first-order valence-corrected chi connectivity index (χ1v) is 3.94. The number of hydrogen-bond acceptors (Lipinski definition) is 3. The Hall–Kier alpha value is -0.190. The zero-order valence-corrected chi connectivity index (χ0v) is 6.54. The quantitative estimate of drug-likeness (QED) is 0.580. The van der Waals surface area contributed by atoms with Gasteiger partial charge in [-0.1, -0.05) is 0 Å². The van der Waals surface area contributed by atoms with Gasteiger partial charge in [0, 0.05) is 25.2 Å². The molecule has 1 saturated heterocycles. The Bertz CT molecular complexity index is 123. The first-order valence-electron chi connectivity index (χ1n) is 3.94. The lowest BCUT2D eigenvalue weighted by atomic mass is 10.2. The molecule has 1 fully saturated rings. The highest BCUT2D eigenvalue weighted by atomic mass is 19.1. The average Bonchev–Trinajstić information content (AvgIpc) is 2.32. The molecule has 4 heteroatoms. The summed E-state index contributed by atoms with van der Waals surface area (Å²) in [6, 6.07) is 0.194. The van der Waals surface area contributed by atoms with Crippen LogP contribution >= 0.6 is 0 Å². The molecule has 3 N–H and O–H groups in total. The Morgan fingerprint density at radius 2 is 2.36 bits per heavy atom. The summed E-state index contributed by atoms with van der Waals surface area (Å²) in [5.74, 6) is 0. The Kier molecular flexibility index (Phi) is 3.23. The van der Waals surface area contributed by atoms with Crippen LogP contribution < -0.4 is 5.73 Å². The zero-order valence-electron chi connectivity index (χ0n) is 6.54. The third kappa shape index (κ3) is 2.12. The molecule has 0 aliphatic carbocycles. The number of aliphatic hydroxyl groups is 1. The third-order valence-electron chi connectivity index (χ3n) is 2.14. The Labute approximate surface area is 66.0 Å². The van der Waals surface area contributed by atoms with Crippen molar-refractivity contribution >= 4 is 0 Å². The molecule has 0 spiro atoms. The lowest BCUT2D eigenvalue weighted by Gasteiger charge is -2.20. The van der Waals surface area contributed by atoms with Gasteiger partial charge in [0.2, 0.25) is 0 Å². The molecule has 1 aliphatic rings. The summed E-state index contributed by atoms with van der Waals surface area (Å²) >= 11 is 0. The predicted octanol–water partition coefficient (Wildman–Crippen LogP) is -0.650. The van der Waals surface area contributed by atoms with Crippen LogP contribution in [-0.2, 0) is 0 Å². The Balaban J connectivity index is 2.37.